The molecule has 1 amide bonds. The fourth-order valence-electron chi connectivity index (χ4n) is 3.54. The van der Waals surface area contributed by atoms with E-state index >= 15 is 0 Å². The molecule has 25 heavy (non-hydrogen) atoms. The second-order valence-electron chi connectivity index (χ2n) is 7.13. The van der Waals surface area contributed by atoms with Crippen molar-refractivity contribution in [2.24, 2.45) is 0 Å². The van der Waals surface area contributed by atoms with E-state index in [1.807, 2.05) is 31.2 Å². The van der Waals surface area contributed by atoms with Gasteiger partial charge in [-0.15, -0.1) is 0 Å². The summed E-state index contributed by atoms with van der Waals surface area (Å²) in [6.07, 6.45) is 4.59. The Kier molecular flexibility index (Phi) is 5.42. The average molecular weight is 337 g/mol. The number of para-hydroxylation sites is 1. The Morgan fingerprint density at radius 3 is 2.68 bits per heavy atom. The van der Waals surface area contributed by atoms with Crippen LogP contribution in [-0.4, -0.2) is 12.5 Å². The zero-order valence-electron chi connectivity index (χ0n) is 15.4. The Balaban J connectivity index is 1.69. The van der Waals surface area contributed by atoms with Crippen molar-refractivity contribution in [3.05, 3.63) is 58.7 Å². The van der Waals surface area contributed by atoms with Crippen LogP contribution in [0.4, 0.5) is 5.69 Å². The minimum absolute atomic E-state index is 0.0440. The number of hydrogen-bond acceptors (Lipinski definition) is 2. The van der Waals surface area contributed by atoms with Crippen molar-refractivity contribution in [3.63, 3.8) is 0 Å². The molecule has 0 aromatic heterocycles. The van der Waals surface area contributed by atoms with Crippen molar-refractivity contribution in [2.75, 3.05) is 11.9 Å². The number of amides is 1. The standard InChI is InChI=1S/C22H27NO2/c1-15(2)18-12-6-8-16(3)22(18)23-21(24)14-25-20-13-7-10-17-9-4-5-11-19(17)20/h6-8,10,12-13,15H,4-5,9,11,14H2,1-3H3,(H,23,24). The van der Waals surface area contributed by atoms with Crippen LogP contribution in [-0.2, 0) is 17.6 Å². The minimum atomic E-state index is -0.107. The Morgan fingerprint density at radius 2 is 1.88 bits per heavy atom. The molecule has 0 spiro atoms. The van der Waals surface area contributed by atoms with Crippen LogP contribution in [0.3, 0.4) is 0 Å². The first-order valence-electron chi connectivity index (χ1n) is 9.19. The van der Waals surface area contributed by atoms with Crippen LogP contribution in [0.25, 0.3) is 0 Å². The van der Waals surface area contributed by atoms with Gasteiger partial charge in [0.15, 0.2) is 6.61 Å². The molecule has 0 bridgehead atoms. The molecule has 1 aliphatic carbocycles. The monoisotopic (exact) mass is 337 g/mol. The number of nitrogens with one attached hydrogen (secondary N) is 1. The van der Waals surface area contributed by atoms with Gasteiger partial charge in [-0.05, 0) is 66.8 Å². The first kappa shape index (κ1) is 17.5. The van der Waals surface area contributed by atoms with Gasteiger partial charge in [-0.2, -0.15) is 0 Å². The lowest BCUT2D eigenvalue weighted by molar-refractivity contribution is -0.118. The second kappa shape index (κ2) is 7.73. The summed E-state index contributed by atoms with van der Waals surface area (Å²) in [5.41, 5.74) is 5.80. The highest BCUT2D eigenvalue weighted by atomic mass is 16.5. The van der Waals surface area contributed by atoms with Crippen molar-refractivity contribution in [1.29, 1.82) is 0 Å². The average Bonchev–Trinajstić information content (AvgIpc) is 2.61. The van der Waals surface area contributed by atoms with Crippen molar-refractivity contribution in [1.82, 2.24) is 0 Å². The van der Waals surface area contributed by atoms with Crippen LogP contribution in [0.15, 0.2) is 36.4 Å². The maximum atomic E-state index is 12.4. The van der Waals surface area contributed by atoms with Gasteiger partial charge in [-0.3, -0.25) is 4.79 Å². The summed E-state index contributed by atoms with van der Waals surface area (Å²) in [4.78, 5) is 12.4. The number of aryl methyl sites for hydroxylation is 2. The summed E-state index contributed by atoms with van der Waals surface area (Å²) < 4.78 is 5.87. The highest BCUT2D eigenvalue weighted by molar-refractivity contribution is 5.93. The van der Waals surface area contributed by atoms with E-state index in [1.54, 1.807) is 0 Å². The molecule has 132 valence electrons. The van der Waals surface area contributed by atoms with Gasteiger partial charge in [0.05, 0.1) is 0 Å². The molecule has 1 aliphatic rings. The number of carbonyl (C=O) groups excluding carboxylic acids is 1. The predicted molar refractivity (Wildman–Crippen MR) is 102 cm³/mol. The van der Waals surface area contributed by atoms with E-state index in [4.69, 9.17) is 4.74 Å². The van der Waals surface area contributed by atoms with Gasteiger partial charge in [0.1, 0.15) is 5.75 Å². The molecule has 1 N–H and O–H groups in total. The highest BCUT2D eigenvalue weighted by Gasteiger charge is 2.16. The van der Waals surface area contributed by atoms with E-state index in [0.717, 1.165) is 35.4 Å². The van der Waals surface area contributed by atoms with Gasteiger partial charge in [0, 0.05) is 5.69 Å². The first-order valence-corrected chi connectivity index (χ1v) is 9.19. The zero-order valence-corrected chi connectivity index (χ0v) is 15.4. The van der Waals surface area contributed by atoms with Crippen LogP contribution < -0.4 is 10.1 Å². The SMILES string of the molecule is Cc1cccc(C(C)C)c1NC(=O)COc1cccc2c1CCCC2. The number of carbonyl (C=O) groups is 1. The van der Waals surface area contributed by atoms with Gasteiger partial charge in [-0.1, -0.05) is 44.2 Å². The molecule has 0 heterocycles. The first-order chi connectivity index (χ1) is 12.1. The number of anilines is 1. The van der Waals surface area contributed by atoms with Crippen LogP contribution in [0, 0.1) is 6.92 Å². The van der Waals surface area contributed by atoms with Crippen LogP contribution in [0.1, 0.15) is 54.9 Å². The number of ether oxygens (including phenoxy) is 1. The molecule has 0 saturated heterocycles. The number of rotatable bonds is 5. The molecule has 0 saturated carbocycles. The van der Waals surface area contributed by atoms with Crippen molar-refractivity contribution < 1.29 is 9.53 Å². The maximum absolute atomic E-state index is 12.4. The lowest BCUT2D eigenvalue weighted by Crippen LogP contribution is -2.22. The quantitative estimate of drug-likeness (QED) is 0.832. The van der Waals surface area contributed by atoms with Gasteiger partial charge in [0.25, 0.3) is 5.91 Å². The molecule has 2 aromatic rings. The van der Waals surface area contributed by atoms with Crippen molar-refractivity contribution in [3.8, 4) is 5.75 Å². The predicted octanol–water partition coefficient (Wildman–Crippen LogP) is 5.01. The molecular formula is C22H27NO2. The molecule has 2 aromatic carbocycles. The van der Waals surface area contributed by atoms with Gasteiger partial charge in [-0.25, -0.2) is 0 Å². The maximum Gasteiger partial charge on any atom is 0.262 e. The largest absolute Gasteiger partial charge is 0.483 e. The van der Waals surface area contributed by atoms with Gasteiger partial charge in [0.2, 0.25) is 0 Å². The van der Waals surface area contributed by atoms with Crippen molar-refractivity contribution in [2.45, 2.75) is 52.4 Å². The lowest BCUT2D eigenvalue weighted by Gasteiger charge is -2.20. The number of fused-ring (bicyclic) bond motifs is 1. The third-order valence-corrected chi connectivity index (χ3v) is 4.90. The fraction of sp³-hybridized carbons (Fsp3) is 0.409. The minimum Gasteiger partial charge on any atom is -0.483 e. The van der Waals surface area contributed by atoms with E-state index in [2.05, 4.69) is 31.3 Å². The Morgan fingerprint density at radius 1 is 1.12 bits per heavy atom. The van der Waals surface area contributed by atoms with Gasteiger partial charge >= 0.3 is 0 Å². The van der Waals surface area contributed by atoms with E-state index in [0.29, 0.717) is 5.92 Å². The third kappa shape index (κ3) is 4.04. The molecule has 0 atom stereocenters. The van der Waals surface area contributed by atoms with Crippen LogP contribution >= 0.6 is 0 Å². The normalized spacial score (nSPS) is 13.4. The summed E-state index contributed by atoms with van der Waals surface area (Å²) >= 11 is 0. The molecule has 3 nitrogen and oxygen atoms in total. The fourth-order valence-corrected chi connectivity index (χ4v) is 3.54. The smallest absolute Gasteiger partial charge is 0.262 e. The van der Waals surface area contributed by atoms with Gasteiger partial charge < -0.3 is 10.1 Å². The molecule has 0 radical (unpaired) electrons. The van der Waals surface area contributed by atoms with E-state index in [9.17, 15) is 4.79 Å². The topological polar surface area (TPSA) is 38.3 Å². The highest BCUT2D eigenvalue weighted by Crippen LogP contribution is 2.30. The Labute approximate surface area is 150 Å². The van der Waals surface area contributed by atoms with Crippen LogP contribution in [0.5, 0.6) is 5.75 Å². The summed E-state index contributed by atoms with van der Waals surface area (Å²) in [6, 6.07) is 12.3. The molecule has 0 aliphatic heterocycles. The Hall–Kier alpha value is -2.29. The lowest BCUT2D eigenvalue weighted by atomic mass is 9.91. The van der Waals surface area contributed by atoms with E-state index in [-0.39, 0.29) is 12.5 Å². The molecular weight excluding hydrogens is 310 g/mol. The number of benzene rings is 2. The van der Waals surface area contributed by atoms with Crippen molar-refractivity contribution >= 4 is 11.6 Å². The second-order valence-corrected chi connectivity index (χ2v) is 7.13. The molecule has 3 heteroatoms. The molecule has 0 fully saturated rings. The Bertz CT molecular complexity index is 765. The molecule has 0 unspecified atom stereocenters. The summed E-state index contributed by atoms with van der Waals surface area (Å²) in [5, 5.41) is 3.05. The summed E-state index contributed by atoms with van der Waals surface area (Å²) in [7, 11) is 0. The van der Waals surface area contributed by atoms with Crippen LogP contribution in [0.2, 0.25) is 0 Å². The zero-order chi connectivity index (χ0) is 17.8. The van der Waals surface area contributed by atoms with E-state index < -0.39 is 0 Å². The number of hydrogen-bond donors (Lipinski definition) is 1. The summed E-state index contributed by atoms with van der Waals surface area (Å²) in [6.45, 7) is 6.34. The van der Waals surface area contributed by atoms with E-state index in [1.165, 1.54) is 24.0 Å². The molecule has 3 rings (SSSR count). The third-order valence-electron chi connectivity index (χ3n) is 4.90. The summed E-state index contributed by atoms with van der Waals surface area (Å²) in [5.74, 6) is 1.11.